The molecule has 0 bridgehead atoms. The zero-order chi connectivity index (χ0) is 14.8. The molecule has 19 heavy (non-hydrogen) atoms. The Morgan fingerprint density at radius 2 is 1.53 bits per heavy atom. The first-order valence-electron chi connectivity index (χ1n) is 7.36. The number of unbranched alkanes of at least 4 members (excludes halogenated alkanes) is 4. The summed E-state index contributed by atoms with van der Waals surface area (Å²) < 4.78 is 0. The Balaban J connectivity index is -0.000000105. The van der Waals surface area contributed by atoms with Crippen molar-refractivity contribution >= 4 is 5.91 Å². The van der Waals surface area contributed by atoms with Crippen LogP contribution in [0.1, 0.15) is 79.1 Å². The Morgan fingerprint density at radius 3 is 1.79 bits per heavy atom. The summed E-state index contributed by atoms with van der Waals surface area (Å²) in [6.07, 6.45) is 10.8. The van der Waals surface area contributed by atoms with Crippen LogP contribution in [0.25, 0.3) is 0 Å². The number of hydrogen-bond donors (Lipinski definition) is 1. The van der Waals surface area contributed by atoms with E-state index in [9.17, 15) is 0 Å². The Bertz CT molecular complexity index is 146. The zero-order valence-corrected chi connectivity index (χ0v) is 17.8. The van der Waals surface area contributed by atoms with Gasteiger partial charge in [0.05, 0.1) is 5.91 Å². The predicted molar refractivity (Wildman–Crippen MR) is 83.0 cm³/mol. The molecule has 0 rings (SSSR count). The van der Waals surface area contributed by atoms with Gasteiger partial charge in [-0.05, 0) is 5.92 Å². The van der Waals surface area contributed by atoms with Crippen LogP contribution in [0.3, 0.4) is 0 Å². The summed E-state index contributed by atoms with van der Waals surface area (Å²) >= 11 is 0. The van der Waals surface area contributed by atoms with Crippen molar-refractivity contribution in [3.05, 3.63) is 13.8 Å². The van der Waals surface area contributed by atoms with Gasteiger partial charge in [-0.1, -0.05) is 72.6 Å². The Labute approximate surface area is 146 Å². The van der Waals surface area contributed by atoms with E-state index < -0.39 is 5.91 Å². The van der Waals surface area contributed by atoms with E-state index in [1.54, 1.807) is 0 Å². The van der Waals surface area contributed by atoms with E-state index in [0.29, 0.717) is 0 Å². The summed E-state index contributed by atoms with van der Waals surface area (Å²) in [5.41, 5.74) is 4.36. The number of carbonyl (C=O) groups excluding carboxylic acids is 1. The van der Waals surface area contributed by atoms with Gasteiger partial charge < -0.3 is 24.4 Å². The smallest absolute Gasteiger partial charge is 0.395 e. The van der Waals surface area contributed by atoms with Gasteiger partial charge >= 0.3 is 31.1 Å². The van der Waals surface area contributed by atoms with Gasteiger partial charge in [0.25, 0.3) is 0 Å². The Morgan fingerprint density at radius 1 is 1.11 bits per heavy atom. The molecule has 0 aromatic rings. The van der Waals surface area contributed by atoms with Crippen LogP contribution < -0.4 is 5.73 Å². The van der Waals surface area contributed by atoms with Crippen LogP contribution in [0.2, 0.25) is 0 Å². The maximum Gasteiger partial charge on any atom is 2.00 e. The molecule has 0 saturated heterocycles. The predicted octanol–water partition coefficient (Wildman–Crippen LogP) is 4.93. The molecule has 3 heteroatoms. The molecule has 0 fully saturated rings. The fourth-order valence-corrected chi connectivity index (χ4v) is 1.12. The SMILES string of the molecule is CCCCCCC(C)CC.[CH2-]C(N)=O.[CH2-]CCC.[U+2]. The Kier molecular flexibility index (Phi) is 39.1. The molecule has 0 aromatic carbocycles. The summed E-state index contributed by atoms with van der Waals surface area (Å²) in [7, 11) is 0. The monoisotopic (exact) mass is 495 g/mol. The normalized spacial score (nSPS) is 9.95. The average molecular weight is 495 g/mol. The second-order valence-electron chi connectivity index (χ2n) is 4.68. The molecule has 0 heterocycles. The molecular weight excluding hydrogens is 460 g/mol. The fraction of sp³-hybridized carbons (Fsp3) is 0.812. The molecule has 0 radical (unpaired) electrons. The van der Waals surface area contributed by atoms with E-state index in [1.807, 2.05) is 0 Å². The van der Waals surface area contributed by atoms with Gasteiger partial charge in [-0.15, -0.1) is 0 Å². The van der Waals surface area contributed by atoms with Gasteiger partial charge in [0.15, 0.2) is 0 Å². The molecule has 1 amide bonds. The molecular formula is C16H35NOU. The minimum absolute atomic E-state index is 0. The molecule has 114 valence electrons. The molecule has 0 aliphatic carbocycles. The third-order valence-corrected chi connectivity index (χ3v) is 2.60. The van der Waals surface area contributed by atoms with E-state index in [1.165, 1.54) is 44.9 Å². The molecule has 0 spiro atoms. The van der Waals surface area contributed by atoms with E-state index in [2.05, 4.69) is 47.3 Å². The van der Waals surface area contributed by atoms with Crippen LogP contribution in [0.4, 0.5) is 0 Å². The standard InChI is InChI=1S/C10H22.C4H9.C2H4NO.U/c1-4-6-7-8-9-10(3)5-2;1-3-4-2;1-2(3)4;/h10H,4-9H2,1-3H3;1,3-4H2,2H3;1H2,(H2,3,4);/q;2*-1;+2. The van der Waals surface area contributed by atoms with E-state index in [-0.39, 0.29) is 31.1 Å². The summed E-state index contributed by atoms with van der Waals surface area (Å²) in [6, 6.07) is 0. The van der Waals surface area contributed by atoms with Gasteiger partial charge in [0, 0.05) is 0 Å². The third-order valence-electron chi connectivity index (χ3n) is 2.60. The van der Waals surface area contributed by atoms with Gasteiger partial charge in [-0.2, -0.15) is 6.42 Å². The summed E-state index contributed by atoms with van der Waals surface area (Å²) in [5, 5.41) is 0. The molecule has 2 N–H and O–H groups in total. The molecule has 0 aliphatic heterocycles. The first-order chi connectivity index (χ1) is 8.45. The van der Waals surface area contributed by atoms with Gasteiger partial charge in [0.1, 0.15) is 0 Å². The van der Waals surface area contributed by atoms with E-state index in [4.69, 9.17) is 4.79 Å². The van der Waals surface area contributed by atoms with Crippen molar-refractivity contribution in [3.8, 4) is 0 Å². The first-order valence-corrected chi connectivity index (χ1v) is 7.36. The van der Waals surface area contributed by atoms with Crippen LogP contribution in [-0.2, 0) is 4.79 Å². The zero-order valence-electron chi connectivity index (χ0n) is 13.6. The quantitative estimate of drug-likeness (QED) is 0.395. The van der Waals surface area contributed by atoms with E-state index in [0.717, 1.165) is 12.3 Å². The van der Waals surface area contributed by atoms with Gasteiger partial charge in [-0.25, -0.2) is 0 Å². The summed E-state index contributed by atoms with van der Waals surface area (Å²) in [5.74, 6) is 0.372. The number of amides is 1. The summed E-state index contributed by atoms with van der Waals surface area (Å²) in [4.78, 5) is 9.11. The molecule has 0 saturated carbocycles. The molecule has 0 aromatic heterocycles. The maximum absolute atomic E-state index is 9.11. The average Bonchev–Trinajstić information content (AvgIpc) is 2.34. The van der Waals surface area contributed by atoms with Crippen molar-refractivity contribution in [3.63, 3.8) is 0 Å². The largest absolute Gasteiger partial charge is 2.00 e. The van der Waals surface area contributed by atoms with E-state index >= 15 is 0 Å². The number of carbonyl (C=O) groups is 1. The first kappa shape index (κ1) is 27.7. The van der Waals surface area contributed by atoms with Crippen molar-refractivity contribution < 1.29 is 35.9 Å². The van der Waals surface area contributed by atoms with Gasteiger partial charge in [0.2, 0.25) is 0 Å². The molecule has 1 atom stereocenters. The topological polar surface area (TPSA) is 43.1 Å². The number of rotatable bonds is 7. The van der Waals surface area contributed by atoms with Gasteiger partial charge in [-0.3, -0.25) is 0 Å². The number of nitrogens with two attached hydrogens (primary N) is 1. The van der Waals surface area contributed by atoms with Crippen LogP contribution in [0, 0.1) is 50.9 Å². The second-order valence-corrected chi connectivity index (χ2v) is 4.68. The van der Waals surface area contributed by atoms with Crippen molar-refractivity contribution in [2.24, 2.45) is 11.7 Å². The minimum atomic E-state index is -0.583. The van der Waals surface area contributed by atoms with Crippen molar-refractivity contribution in [2.75, 3.05) is 0 Å². The second kappa shape index (κ2) is 26.9. The molecule has 0 aliphatic rings. The van der Waals surface area contributed by atoms with Crippen LogP contribution in [0.15, 0.2) is 0 Å². The van der Waals surface area contributed by atoms with Crippen molar-refractivity contribution in [2.45, 2.75) is 79.1 Å². The van der Waals surface area contributed by atoms with Crippen LogP contribution >= 0.6 is 0 Å². The third kappa shape index (κ3) is 56.0. The molecule has 1 unspecified atom stereocenters. The van der Waals surface area contributed by atoms with Crippen molar-refractivity contribution in [1.29, 1.82) is 0 Å². The molecule has 2 nitrogen and oxygen atoms in total. The van der Waals surface area contributed by atoms with Crippen LogP contribution in [-0.4, -0.2) is 5.91 Å². The maximum atomic E-state index is 9.11. The van der Waals surface area contributed by atoms with Crippen LogP contribution in [0.5, 0.6) is 0 Å². The van der Waals surface area contributed by atoms with Crippen molar-refractivity contribution in [1.82, 2.24) is 0 Å². The number of hydrogen-bond acceptors (Lipinski definition) is 1. The summed E-state index contributed by atoms with van der Waals surface area (Å²) in [6.45, 7) is 15.4. The minimum Gasteiger partial charge on any atom is -0.395 e. The fourth-order valence-electron chi connectivity index (χ4n) is 1.12. The number of primary amides is 1. The Hall–Kier alpha value is 0.392.